The van der Waals surface area contributed by atoms with Gasteiger partial charge in [0.15, 0.2) is 11.6 Å². The van der Waals surface area contributed by atoms with Gasteiger partial charge in [0.05, 0.1) is 24.6 Å². The molecule has 2 aromatic carbocycles. The van der Waals surface area contributed by atoms with Crippen LogP contribution in [0.4, 0.5) is 0 Å². The molecular formula is C27H31N3O4. The van der Waals surface area contributed by atoms with Crippen LogP contribution in [0, 0.1) is 0 Å². The molecule has 0 amide bonds. The number of ketones is 2. The van der Waals surface area contributed by atoms with Crippen molar-refractivity contribution in [1.82, 2.24) is 15.2 Å². The summed E-state index contributed by atoms with van der Waals surface area (Å²) in [5.41, 5.74) is 5.52. The number of H-pyrrole nitrogens is 2. The smallest absolute Gasteiger partial charge is 0.178 e. The third-order valence-electron chi connectivity index (χ3n) is 5.94. The van der Waals surface area contributed by atoms with Crippen LogP contribution in [0.1, 0.15) is 58.8 Å². The summed E-state index contributed by atoms with van der Waals surface area (Å²) in [6, 6.07) is 16.1. The lowest BCUT2D eigenvalue weighted by atomic mass is 10.1. The molecule has 7 heteroatoms. The molecule has 0 bridgehead atoms. The van der Waals surface area contributed by atoms with Gasteiger partial charge >= 0.3 is 0 Å². The van der Waals surface area contributed by atoms with E-state index in [1.807, 2.05) is 50.2 Å². The highest BCUT2D eigenvalue weighted by Crippen LogP contribution is 2.20. The van der Waals surface area contributed by atoms with Crippen molar-refractivity contribution in [3.8, 4) is 0 Å². The van der Waals surface area contributed by atoms with E-state index in [4.69, 9.17) is 9.68 Å². The Morgan fingerprint density at radius 3 is 1.59 bits per heavy atom. The Morgan fingerprint density at radius 1 is 0.735 bits per heavy atom. The lowest BCUT2D eigenvalue weighted by molar-refractivity contribution is -0.352. The lowest BCUT2D eigenvalue weighted by Crippen LogP contribution is -2.22. The highest BCUT2D eigenvalue weighted by molar-refractivity contribution is 6.00. The number of nitrogens with one attached hydrogen (secondary N) is 2. The van der Waals surface area contributed by atoms with Crippen LogP contribution in [0.25, 0.3) is 21.8 Å². The zero-order valence-corrected chi connectivity index (χ0v) is 19.9. The van der Waals surface area contributed by atoms with E-state index < -0.39 is 0 Å². The van der Waals surface area contributed by atoms with E-state index >= 15 is 0 Å². The first-order valence-corrected chi connectivity index (χ1v) is 11.8. The molecule has 4 rings (SSSR count). The van der Waals surface area contributed by atoms with Gasteiger partial charge in [0.1, 0.15) is 0 Å². The van der Waals surface area contributed by atoms with Crippen molar-refractivity contribution in [1.29, 1.82) is 0 Å². The minimum absolute atomic E-state index is 0.115. The average molecular weight is 462 g/mol. The molecule has 0 radical (unpaired) electrons. The standard InChI is InChI=1S/C27H31N3O4/c1-4-26(31)24-16-20-14-18(6-8-22(20)28-24)10-12-33-30(3)34-13-11-19-7-9-23-21(15-19)17-25(29-23)27(32)5-2/h6-9,14-17,28-29H,4-5,10-13H2,1-3H3. The first-order chi connectivity index (χ1) is 16.5. The molecule has 4 aromatic rings. The van der Waals surface area contributed by atoms with E-state index in [1.165, 1.54) is 5.23 Å². The monoisotopic (exact) mass is 461 g/mol. The molecule has 0 aliphatic carbocycles. The molecule has 2 N–H and O–H groups in total. The third kappa shape index (κ3) is 5.62. The van der Waals surface area contributed by atoms with Crippen molar-refractivity contribution in [2.45, 2.75) is 39.5 Å². The Bertz CT molecular complexity index is 1200. The Balaban J connectivity index is 1.22. The highest BCUT2D eigenvalue weighted by Gasteiger charge is 2.10. The van der Waals surface area contributed by atoms with Gasteiger partial charge in [0, 0.05) is 41.7 Å². The minimum Gasteiger partial charge on any atom is -0.352 e. The summed E-state index contributed by atoms with van der Waals surface area (Å²) in [5.74, 6) is 0.230. The van der Waals surface area contributed by atoms with Crippen LogP contribution in [0.3, 0.4) is 0 Å². The summed E-state index contributed by atoms with van der Waals surface area (Å²) in [6.07, 6.45) is 2.44. The first-order valence-electron chi connectivity index (χ1n) is 11.8. The molecule has 0 saturated carbocycles. The van der Waals surface area contributed by atoms with Crippen LogP contribution in [0.2, 0.25) is 0 Å². The molecule has 0 aliphatic rings. The average Bonchev–Trinajstić information content (AvgIpc) is 3.46. The van der Waals surface area contributed by atoms with Gasteiger partial charge in [-0.25, -0.2) is 0 Å². The van der Waals surface area contributed by atoms with Crippen molar-refractivity contribution < 1.29 is 19.3 Å². The second-order valence-electron chi connectivity index (χ2n) is 8.37. The predicted octanol–water partition coefficient (Wildman–Crippen LogP) is 5.41. The number of aromatic nitrogens is 2. The zero-order chi connectivity index (χ0) is 24.1. The van der Waals surface area contributed by atoms with E-state index in [1.54, 1.807) is 7.05 Å². The number of carbonyl (C=O) groups is 2. The number of nitrogens with zero attached hydrogens (tertiary/aromatic N) is 1. The van der Waals surface area contributed by atoms with Gasteiger partial charge in [-0.1, -0.05) is 31.2 Å². The van der Waals surface area contributed by atoms with Crippen LogP contribution in [0.15, 0.2) is 48.5 Å². The largest absolute Gasteiger partial charge is 0.352 e. The van der Waals surface area contributed by atoms with Crippen LogP contribution < -0.4 is 0 Å². The van der Waals surface area contributed by atoms with Crippen LogP contribution in [-0.4, -0.2) is 47.0 Å². The number of rotatable bonds is 12. The summed E-state index contributed by atoms with van der Waals surface area (Å²) in [5, 5.41) is 3.47. The fourth-order valence-corrected chi connectivity index (χ4v) is 3.98. The van der Waals surface area contributed by atoms with Crippen molar-refractivity contribution in [3.05, 3.63) is 71.0 Å². The molecule has 0 spiro atoms. The number of carbonyl (C=O) groups excluding carboxylic acids is 2. The Morgan fingerprint density at radius 2 is 1.18 bits per heavy atom. The summed E-state index contributed by atoms with van der Waals surface area (Å²) in [7, 11) is 1.75. The lowest BCUT2D eigenvalue weighted by Gasteiger charge is -2.16. The Kier molecular flexibility index (Phi) is 7.57. The number of Topliss-reactive ketones (excluding diaryl/α,β-unsaturated/α-hetero) is 2. The topological polar surface area (TPSA) is 87.4 Å². The summed E-state index contributed by atoms with van der Waals surface area (Å²) < 4.78 is 0. The van der Waals surface area contributed by atoms with Gasteiger partial charge in [0.2, 0.25) is 0 Å². The molecule has 34 heavy (non-hydrogen) atoms. The van der Waals surface area contributed by atoms with Crippen molar-refractivity contribution in [2.75, 3.05) is 20.3 Å². The number of fused-ring (bicyclic) bond motifs is 2. The van der Waals surface area contributed by atoms with Gasteiger partial charge in [-0.2, -0.15) is 0 Å². The fourth-order valence-electron chi connectivity index (χ4n) is 3.98. The zero-order valence-electron chi connectivity index (χ0n) is 19.9. The maximum absolute atomic E-state index is 11.9. The van der Waals surface area contributed by atoms with Gasteiger partial charge < -0.3 is 9.97 Å². The molecule has 0 fully saturated rings. The molecule has 0 atom stereocenters. The molecule has 7 nitrogen and oxygen atoms in total. The molecule has 178 valence electrons. The molecule has 0 unspecified atom stereocenters. The second-order valence-corrected chi connectivity index (χ2v) is 8.37. The highest BCUT2D eigenvalue weighted by atomic mass is 16.9. The summed E-state index contributed by atoms with van der Waals surface area (Å²) in [6.45, 7) is 4.69. The molecular weight excluding hydrogens is 430 g/mol. The van der Waals surface area contributed by atoms with Gasteiger partial charge in [-0.15, -0.1) is 0 Å². The van der Waals surface area contributed by atoms with E-state index in [2.05, 4.69) is 22.1 Å². The maximum Gasteiger partial charge on any atom is 0.178 e. The number of hydroxylamine groups is 2. The van der Waals surface area contributed by atoms with Crippen LogP contribution in [-0.2, 0) is 22.5 Å². The number of hydrogen-bond donors (Lipinski definition) is 2. The maximum atomic E-state index is 11.9. The number of hydrogen-bond acceptors (Lipinski definition) is 5. The minimum atomic E-state index is 0.115. The van der Waals surface area contributed by atoms with Crippen molar-refractivity contribution in [2.24, 2.45) is 0 Å². The summed E-state index contributed by atoms with van der Waals surface area (Å²) in [4.78, 5) is 41.5. The molecule has 2 aromatic heterocycles. The number of aromatic amines is 2. The molecule has 2 heterocycles. The normalized spacial score (nSPS) is 11.6. The Hall–Kier alpha value is -3.26. The quantitative estimate of drug-likeness (QED) is 0.217. The van der Waals surface area contributed by atoms with E-state index in [9.17, 15) is 9.59 Å². The van der Waals surface area contributed by atoms with E-state index in [0.29, 0.717) is 37.4 Å². The predicted molar refractivity (Wildman–Crippen MR) is 133 cm³/mol. The SMILES string of the molecule is CCC(=O)c1cc2cc(CCON(C)OCCc3ccc4[nH]c(C(=O)CC)cc4c3)ccc2[nH]1. The fraction of sp³-hybridized carbons (Fsp3) is 0.333. The van der Waals surface area contributed by atoms with Crippen LogP contribution >= 0.6 is 0 Å². The first kappa shape index (κ1) is 23.9. The van der Waals surface area contributed by atoms with Crippen molar-refractivity contribution in [3.63, 3.8) is 0 Å². The van der Waals surface area contributed by atoms with E-state index in [0.717, 1.165) is 45.8 Å². The van der Waals surface area contributed by atoms with E-state index in [-0.39, 0.29) is 11.6 Å². The van der Waals surface area contributed by atoms with Gasteiger partial charge in [-0.05, 0) is 60.4 Å². The number of benzene rings is 2. The third-order valence-corrected chi connectivity index (χ3v) is 5.94. The van der Waals surface area contributed by atoms with Gasteiger partial charge in [0.25, 0.3) is 0 Å². The Labute approximate surface area is 199 Å². The van der Waals surface area contributed by atoms with Gasteiger partial charge in [-0.3, -0.25) is 19.3 Å². The molecule has 0 saturated heterocycles. The van der Waals surface area contributed by atoms with Crippen molar-refractivity contribution >= 4 is 33.4 Å². The second kappa shape index (κ2) is 10.8. The molecule has 0 aliphatic heterocycles. The van der Waals surface area contributed by atoms with Crippen LogP contribution in [0.5, 0.6) is 0 Å². The summed E-state index contributed by atoms with van der Waals surface area (Å²) >= 11 is 0.